The maximum absolute atomic E-state index is 11.8. The number of amides is 1. The fourth-order valence-corrected chi connectivity index (χ4v) is 2.92. The van der Waals surface area contributed by atoms with Gasteiger partial charge in [-0.2, -0.15) is 0 Å². The molecular weight excluding hydrogens is 431 g/mol. The first kappa shape index (κ1) is 18.6. The number of para-hydroxylation sites is 2. The average molecular weight is 450 g/mol. The monoisotopic (exact) mass is 450 g/mol. The van der Waals surface area contributed by atoms with E-state index in [-0.39, 0.29) is 5.91 Å². The van der Waals surface area contributed by atoms with Crippen molar-refractivity contribution in [3.05, 3.63) is 65.8 Å². The maximum Gasteiger partial charge on any atom is 0.227 e. The molecule has 124 valence electrons. The normalized spacial score (nSPS) is 10.5. The third kappa shape index (κ3) is 5.14. The van der Waals surface area contributed by atoms with Crippen molar-refractivity contribution < 1.29 is 4.79 Å². The lowest BCUT2D eigenvalue weighted by atomic mass is 10.3. The molecule has 0 aliphatic rings. The van der Waals surface area contributed by atoms with Crippen LogP contribution in [0.5, 0.6) is 0 Å². The fourth-order valence-electron chi connectivity index (χ4n) is 2.06. The number of fused-ring (bicyclic) bond motifs is 1. The van der Waals surface area contributed by atoms with Gasteiger partial charge in [-0.15, -0.1) is 11.3 Å². The molecule has 0 radical (unpaired) electrons. The second-order valence-electron chi connectivity index (χ2n) is 4.83. The summed E-state index contributed by atoms with van der Waals surface area (Å²) in [5, 5.41) is 0.887. The highest BCUT2D eigenvalue weighted by Crippen LogP contribution is 2.23. The van der Waals surface area contributed by atoms with E-state index in [4.69, 9.17) is 0 Å². The number of aromatic nitrogens is 1. The topological polar surface area (TPSA) is 33.2 Å². The summed E-state index contributed by atoms with van der Waals surface area (Å²) in [6.07, 6.45) is 3.65. The summed E-state index contributed by atoms with van der Waals surface area (Å²) in [5.41, 5.74) is 1.83. The Hall–Kier alpha value is -1.73. The molecule has 1 heterocycles. The molecule has 0 fully saturated rings. The van der Waals surface area contributed by atoms with Crippen molar-refractivity contribution in [1.82, 2.24) is 4.98 Å². The van der Waals surface area contributed by atoms with E-state index in [2.05, 4.69) is 34.5 Å². The highest BCUT2D eigenvalue weighted by molar-refractivity contribution is 14.1. The van der Waals surface area contributed by atoms with Crippen LogP contribution in [0.3, 0.4) is 0 Å². The van der Waals surface area contributed by atoms with E-state index in [1.54, 1.807) is 29.4 Å². The van der Waals surface area contributed by atoms with Crippen LogP contribution in [0.25, 0.3) is 16.3 Å². The zero-order valence-corrected chi connectivity index (χ0v) is 16.6. The summed E-state index contributed by atoms with van der Waals surface area (Å²) >= 11 is 3.90. The van der Waals surface area contributed by atoms with Crippen molar-refractivity contribution in [3.8, 4) is 0 Å². The van der Waals surface area contributed by atoms with Gasteiger partial charge in [0.1, 0.15) is 5.01 Å². The first-order valence-electron chi connectivity index (χ1n) is 7.60. The molecule has 1 amide bonds. The Morgan fingerprint density at radius 1 is 1.17 bits per heavy atom. The van der Waals surface area contributed by atoms with Crippen molar-refractivity contribution in [1.29, 1.82) is 0 Å². The van der Waals surface area contributed by atoms with Crippen LogP contribution < -0.4 is 4.90 Å². The van der Waals surface area contributed by atoms with Gasteiger partial charge in [0.15, 0.2) is 0 Å². The molecule has 3 rings (SSSR count). The lowest BCUT2D eigenvalue weighted by Crippen LogP contribution is -2.21. The Balaban J connectivity index is 0.000000647. The first-order valence-corrected chi connectivity index (χ1v) is 9.94. The van der Waals surface area contributed by atoms with Crippen molar-refractivity contribution >= 4 is 61.8 Å². The summed E-state index contributed by atoms with van der Waals surface area (Å²) in [6, 6.07) is 17.6. The molecule has 0 unspecified atom stereocenters. The predicted octanol–water partition coefficient (Wildman–Crippen LogP) is 5.76. The Morgan fingerprint density at radius 3 is 2.42 bits per heavy atom. The van der Waals surface area contributed by atoms with Crippen molar-refractivity contribution in [3.63, 3.8) is 0 Å². The highest BCUT2D eigenvalue weighted by atomic mass is 127. The van der Waals surface area contributed by atoms with Crippen molar-refractivity contribution in [2.45, 2.75) is 13.8 Å². The van der Waals surface area contributed by atoms with Crippen LogP contribution in [0.15, 0.2) is 60.8 Å². The van der Waals surface area contributed by atoms with Gasteiger partial charge in [0.05, 0.1) is 10.2 Å². The molecule has 0 aliphatic carbocycles. The van der Waals surface area contributed by atoms with E-state index in [0.29, 0.717) is 0 Å². The first-order chi connectivity index (χ1) is 11.7. The molecule has 0 saturated carbocycles. The Bertz CT molecular complexity index is 781. The number of nitrogens with zero attached hydrogens (tertiary/aromatic N) is 2. The van der Waals surface area contributed by atoms with Crippen LogP contribution in [0, 0.1) is 0 Å². The van der Waals surface area contributed by atoms with Crippen LogP contribution >= 0.6 is 33.9 Å². The van der Waals surface area contributed by atoms with Crippen molar-refractivity contribution in [2.24, 2.45) is 0 Å². The quantitative estimate of drug-likeness (QED) is 0.376. The number of carbonyl (C=O) groups excluding carboxylic acids is 1. The van der Waals surface area contributed by atoms with Crippen LogP contribution in [0.4, 0.5) is 5.69 Å². The Labute approximate surface area is 160 Å². The number of hydrogen-bond donors (Lipinski definition) is 0. The minimum absolute atomic E-state index is 0.0291. The number of rotatable bonds is 3. The zero-order valence-electron chi connectivity index (χ0n) is 13.6. The molecule has 3 aromatic rings. The van der Waals surface area contributed by atoms with E-state index in [9.17, 15) is 4.79 Å². The molecule has 1 aromatic heterocycles. The second-order valence-corrected chi connectivity index (χ2v) is 7.42. The smallest absolute Gasteiger partial charge is 0.227 e. The minimum atomic E-state index is -0.0291. The van der Waals surface area contributed by atoms with Gasteiger partial charge >= 0.3 is 0 Å². The third-order valence-electron chi connectivity index (χ3n) is 3.05. The summed E-state index contributed by atoms with van der Waals surface area (Å²) in [7, 11) is 0. The highest BCUT2D eigenvalue weighted by Gasteiger charge is 2.07. The largest absolute Gasteiger partial charge is 0.288 e. The molecule has 24 heavy (non-hydrogen) atoms. The van der Waals surface area contributed by atoms with Crippen LogP contribution in [-0.4, -0.2) is 15.3 Å². The molecule has 0 spiro atoms. The van der Waals surface area contributed by atoms with E-state index in [1.165, 1.54) is 4.43 Å². The van der Waals surface area contributed by atoms with E-state index in [0.717, 1.165) is 20.9 Å². The van der Waals surface area contributed by atoms with Crippen LogP contribution in [0.2, 0.25) is 0 Å². The zero-order chi connectivity index (χ0) is 17.4. The molecule has 0 N–H and O–H groups in total. The lowest BCUT2D eigenvalue weighted by molar-refractivity contribution is -0.115. The summed E-state index contributed by atoms with van der Waals surface area (Å²) in [6.45, 7) is 3.66. The lowest BCUT2D eigenvalue weighted by Gasteiger charge is -2.15. The average Bonchev–Trinajstić information content (AvgIpc) is 2.99. The summed E-state index contributed by atoms with van der Waals surface area (Å²) < 4.78 is 2.36. The molecule has 0 aliphatic heterocycles. The Kier molecular flexibility index (Phi) is 7.39. The SMILES string of the molecule is CC(=O)N(C=Cc1nc2ccccc2s1)c1ccccc1.CCI. The van der Waals surface area contributed by atoms with E-state index >= 15 is 0 Å². The molecule has 0 bridgehead atoms. The standard InChI is InChI=1S/C17H14N2OS.C2H5I/c1-13(20)19(14-7-3-2-4-8-14)12-11-17-18-15-9-5-6-10-16(15)21-17;1-2-3/h2-12H,1H3;2H2,1H3. The molecule has 0 saturated heterocycles. The van der Waals surface area contributed by atoms with Crippen LogP contribution in [-0.2, 0) is 4.79 Å². The number of halogens is 1. The van der Waals surface area contributed by atoms with Gasteiger partial charge in [-0.3, -0.25) is 9.69 Å². The number of alkyl halides is 1. The Morgan fingerprint density at radius 2 is 1.79 bits per heavy atom. The number of anilines is 1. The number of thiazole rings is 1. The maximum atomic E-state index is 11.8. The third-order valence-corrected chi connectivity index (χ3v) is 4.05. The van der Waals surface area contributed by atoms with Gasteiger partial charge in [-0.05, 0) is 34.8 Å². The van der Waals surface area contributed by atoms with Gasteiger partial charge in [0, 0.05) is 18.8 Å². The fraction of sp³-hybridized carbons (Fsp3) is 0.158. The van der Waals surface area contributed by atoms with Crippen molar-refractivity contribution in [2.75, 3.05) is 9.33 Å². The summed E-state index contributed by atoms with van der Waals surface area (Å²) in [4.78, 5) is 17.9. The van der Waals surface area contributed by atoms with Gasteiger partial charge < -0.3 is 0 Å². The number of benzene rings is 2. The van der Waals surface area contributed by atoms with Gasteiger partial charge in [-0.25, -0.2) is 4.98 Å². The van der Waals surface area contributed by atoms with E-state index < -0.39 is 0 Å². The number of hydrogen-bond acceptors (Lipinski definition) is 3. The second kappa shape index (κ2) is 9.54. The van der Waals surface area contributed by atoms with Crippen LogP contribution in [0.1, 0.15) is 18.9 Å². The molecule has 2 aromatic carbocycles. The van der Waals surface area contributed by atoms with Gasteiger partial charge in [0.2, 0.25) is 5.91 Å². The summed E-state index contributed by atoms with van der Waals surface area (Å²) in [5.74, 6) is -0.0291. The van der Waals surface area contributed by atoms with Gasteiger partial charge in [-0.1, -0.05) is 59.8 Å². The molecule has 0 atom stereocenters. The number of carbonyl (C=O) groups is 1. The molecule has 3 nitrogen and oxygen atoms in total. The minimum Gasteiger partial charge on any atom is -0.288 e. The molecular formula is C19H19IN2OS. The predicted molar refractivity (Wildman–Crippen MR) is 113 cm³/mol. The van der Waals surface area contributed by atoms with E-state index in [1.807, 2.05) is 60.7 Å². The molecule has 5 heteroatoms. The van der Waals surface area contributed by atoms with Gasteiger partial charge in [0.25, 0.3) is 0 Å².